The summed E-state index contributed by atoms with van der Waals surface area (Å²) in [5.41, 5.74) is 1.73. The molecule has 0 aromatic heterocycles. The molecule has 0 N–H and O–H groups in total. The minimum absolute atomic E-state index is 0.0884. The molecule has 1 aliphatic rings. The van der Waals surface area contributed by atoms with E-state index in [1.807, 2.05) is 18.2 Å². The third kappa shape index (κ3) is 1.69. The van der Waals surface area contributed by atoms with E-state index in [2.05, 4.69) is 6.08 Å². The maximum Gasteiger partial charge on any atom is 0.159 e. The van der Waals surface area contributed by atoms with Crippen molar-refractivity contribution < 1.29 is 9.53 Å². The van der Waals surface area contributed by atoms with Gasteiger partial charge < -0.3 is 4.74 Å². The normalized spacial score (nSPS) is 14.1. The molecule has 14 heavy (non-hydrogen) atoms. The van der Waals surface area contributed by atoms with E-state index in [1.54, 1.807) is 13.0 Å². The Morgan fingerprint density at radius 2 is 2.29 bits per heavy atom. The quantitative estimate of drug-likeness (QED) is 0.633. The Morgan fingerprint density at radius 3 is 3.07 bits per heavy atom. The van der Waals surface area contributed by atoms with Crippen LogP contribution in [0.1, 0.15) is 29.3 Å². The highest BCUT2D eigenvalue weighted by atomic mass is 16.5. The van der Waals surface area contributed by atoms with Gasteiger partial charge in [0.15, 0.2) is 5.78 Å². The second-order valence-electron chi connectivity index (χ2n) is 3.35. The van der Waals surface area contributed by atoms with E-state index < -0.39 is 0 Å². The van der Waals surface area contributed by atoms with Crippen molar-refractivity contribution in [3.63, 3.8) is 0 Å². The molecule has 2 heteroatoms. The predicted molar refractivity (Wildman–Crippen MR) is 55.6 cm³/mol. The number of fused-ring (bicyclic) bond motifs is 1. The molecule has 2 nitrogen and oxygen atoms in total. The van der Waals surface area contributed by atoms with Gasteiger partial charge in [0.25, 0.3) is 0 Å². The van der Waals surface area contributed by atoms with Gasteiger partial charge in [0.1, 0.15) is 5.75 Å². The van der Waals surface area contributed by atoms with E-state index in [-0.39, 0.29) is 5.78 Å². The van der Waals surface area contributed by atoms with E-state index >= 15 is 0 Å². The Hall–Kier alpha value is -1.57. The highest BCUT2D eigenvalue weighted by molar-refractivity contribution is 5.95. The van der Waals surface area contributed by atoms with Crippen LogP contribution in [0.4, 0.5) is 0 Å². The van der Waals surface area contributed by atoms with Crippen LogP contribution in [-0.4, -0.2) is 12.4 Å². The second kappa shape index (κ2) is 3.66. The summed E-state index contributed by atoms with van der Waals surface area (Å²) in [5.74, 6) is 0.953. The molecule has 1 aliphatic heterocycles. The number of benzene rings is 1. The Morgan fingerprint density at radius 1 is 1.43 bits per heavy atom. The van der Waals surface area contributed by atoms with Crippen LogP contribution in [0, 0.1) is 0 Å². The van der Waals surface area contributed by atoms with Crippen LogP contribution >= 0.6 is 0 Å². The fraction of sp³-hybridized carbons (Fsp3) is 0.250. The van der Waals surface area contributed by atoms with Crippen LogP contribution in [0.2, 0.25) is 0 Å². The van der Waals surface area contributed by atoms with E-state index in [1.165, 1.54) is 0 Å². The number of carbonyl (C=O) groups is 1. The van der Waals surface area contributed by atoms with Crippen molar-refractivity contribution in [2.45, 2.75) is 13.3 Å². The highest BCUT2D eigenvalue weighted by Crippen LogP contribution is 2.24. The Labute approximate surface area is 83.2 Å². The standard InChI is InChI=1S/C12H12O2/c1-9(13)10-5-6-12-11(8-10)4-2-3-7-14-12/h2,4-6,8H,3,7H2,1H3. The van der Waals surface area contributed by atoms with Crippen molar-refractivity contribution in [1.29, 1.82) is 0 Å². The van der Waals surface area contributed by atoms with Crippen LogP contribution in [0.25, 0.3) is 6.08 Å². The van der Waals surface area contributed by atoms with Gasteiger partial charge in [0.2, 0.25) is 0 Å². The molecule has 0 saturated carbocycles. The van der Waals surface area contributed by atoms with E-state index in [0.29, 0.717) is 6.61 Å². The van der Waals surface area contributed by atoms with Gasteiger partial charge in [0.05, 0.1) is 6.61 Å². The number of ether oxygens (including phenoxy) is 1. The average molecular weight is 188 g/mol. The summed E-state index contributed by atoms with van der Waals surface area (Å²) >= 11 is 0. The molecule has 0 radical (unpaired) electrons. The molecular weight excluding hydrogens is 176 g/mol. The van der Waals surface area contributed by atoms with Crippen LogP contribution in [-0.2, 0) is 0 Å². The topological polar surface area (TPSA) is 26.3 Å². The lowest BCUT2D eigenvalue weighted by Gasteiger charge is -2.06. The smallest absolute Gasteiger partial charge is 0.159 e. The lowest BCUT2D eigenvalue weighted by atomic mass is 10.1. The first-order chi connectivity index (χ1) is 6.77. The number of ketones is 1. The van der Waals surface area contributed by atoms with Crippen LogP contribution < -0.4 is 4.74 Å². The van der Waals surface area contributed by atoms with Crippen LogP contribution in [0.15, 0.2) is 24.3 Å². The molecule has 0 bridgehead atoms. The molecule has 0 atom stereocenters. The van der Waals surface area contributed by atoms with Gasteiger partial charge in [-0.05, 0) is 31.5 Å². The lowest BCUT2D eigenvalue weighted by molar-refractivity contribution is 0.101. The van der Waals surface area contributed by atoms with Gasteiger partial charge in [-0.1, -0.05) is 12.2 Å². The lowest BCUT2D eigenvalue weighted by Crippen LogP contribution is -1.97. The summed E-state index contributed by atoms with van der Waals surface area (Å²) in [7, 11) is 0. The zero-order chi connectivity index (χ0) is 9.97. The number of carbonyl (C=O) groups excluding carboxylic acids is 1. The van der Waals surface area contributed by atoms with Gasteiger partial charge in [0, 0.05) is 11.1 Å². The van der Waals surface area contributed by atoms with Gasteiger partial charge in [-0.15, -0.1) is 0 Å². The summed E-state index contributed by atoms with van der Waals surface area (Å²) in [6.45, 7) is 2.28. The van der Waals surface area contributed by atoms with Crippen molar-refractivity contribution in [2.24, 2.45) is 0 Å². The average Bonchev–Trinajstić information content (AvgIpc) is 2.41. The maximum absolute atomic E-state index is 11.2. The maximum atomic E-state index is 11.2. The number of hydrogen-bond donors (Lipinski definition) is 0. The molecule has 72 valence electrons. The third-order valence-corrected chi connectivity index (χ3v) is 2.26. The van der Waals surface area contributed by atoms with Crippen molar-refractivity contribution in [3.8, 4) is 5.75 Å². The van der Waals surface area contributed by atoms with E-state index in [4.69, 9.17) is 4.74 Å². The van der Waals surface area contributed by atoms with Gasteiger partial charge in [-0.2, -0.15) is 0 Å². The minimum atomic E-state index is 0.0884. The zero-order valence-electron chi connectivity index (χ0n) is 8.12. The SMILES string of the molecule is CC(=O)c1ccc2c(c1)C=CCCO2. The minimum Gasteiger partial charge on any atom is -0.493 e. The van der Waals surface area contributed by atoms with Crippen LogP contribution in [0.5, 0.6) is 5.75 Å². The molecule has 0 amide bonds. The second-order valence-corrected chi connectivity index (χ2v) is 3.35. The van der Waals surface area contributed by atoms with Crippen molar-refractivity contribution in [2.75, 3.05) is 6.61 Å². The summed E-state index contributed by atoms with van der Waals surface area (Å²) < 4.78 is 5.51. The molecule has 0 saturated heterocycles. The highest BCUT2D eigenvalue weighted by Gasteiger charge is 2.07. The Bertz CT molecular complexity index is 391. The summed E-state index contributed by atoms with van der Waals surface area (Å²) in [4.78, 5) is 11.2. The van der Waals surface area contributed by atoms with Gasteiger partial charge in [-0.25, -0.2) is 0 Å². The third-order valence-electron chi connectivity index (χ3n) is 2.26. The van der Waals surface area contributed by atoms with Crippen LogP contribution in [0.3, 0.4) is 0 Å². The molecular formula is C12H12O2. The molecule has 0 fully saturated rings. The van der Waals surface area contributed by atoms with Crippen molar-refractivity contribution in [3.05, 3.63) is 35.4 Å². The largest absolute Gasteiger partial charge is 0.493 e. The number of hydrogen-bond acceptors (Lipinski definition) is 2. The van der Waals surface area contributed by atoms with E-state index in [0.717, 1.165) is 23.3 Å². The number of Topliss-reactive ketones (excluding diaryl/α,β-unsaturated/α-hetero) is 1. The molecule has 1 heterocycles. The monoisotopic (exact) mass is 188 g/mol. The number of rotatable bonds is 1. The first-order valence-corrected chi connectivity index (χ1v) is 4.72. The fourth-order valence-electron chi connectivity index (χ4n) is 1.48. The predicted octanol–water partition coefficient (Wildman–Crippen LogP) is 2.68. The fourth-order valence-corrected chi connectivity index (χ4v) is 1.48. The van der Waals surface area contributed by atoms with Crippen molar-refractivity contribution >= 4 is 11.9 Å². The summed E-state index contributed by atoms with van der Waals surface area (Å²) in [6.07, 6.45) is 4.99. The molecule has 0 unspecified atom stereocenters. The van der Waals surface area contributed by atoms with E-state index in [9.17, 15) is 4.79 Å². The molecule has 0 spiro atoms. The van der Waals surface area contributed by atoms with Gasteiger partial charge in [-0.3, -0.25) is 4.79 Å². The Balaban J connectivity index is 2.45. The van der Waals surface area contributed by atoms with Gasteiger partial charge >= 0.3 is 0 Å². The summed E-state index contributed by atoms with van der Waals surface area (Å²) in [5, 5.41) is 0. The first kappa shape index (κ1) is 9.00. The first-order valence-electron chi connectivity index (χ1n) is 4.72. The Kier molecular flexibility index (Phi) is 2.35. The molecule has 2 rings (SSSR count). The summed E-state index contributed by atoms with van der Waals surface area (Å²) in [6, 6.07) is 5.54. The zero-order valence-corrected chi connectivity index (χ0v) is 8.12. The molecule has 0 aliphatic carbocycles. The molecule has 1 aromatic carbocycles. The molecule has 1 aromatic rings. The van der Waals surface area contributed by atoms with Crippen molar-refractivity contribution in [1.82, 2.24) is 0 Å².